The molecule has 31 heavy (non-hydrogen) atoms. The zero-order valence-corrected chi connectivity index (χ0v) is 17.2. The molecule has 0 spiro atoms. The minimum atomic E-state index is -0.316. The number of rotatable bonds is 5. The van der Waals surface area contributed by atoms with E-state index >= 15 is 0 Å². The van der Waals surface area contributed by atoms with Gasteiger partial charge in [-0.25, -0.2) is 14.1 Å². The summed E-state index contributed by atoms with van der Waals surface area (Å²) in [5.74, 6) is 0.107. The van der Waals surface area contributed by atoms with Crippen LogP contribution in [0.5, 0.6) is 0 Å². The molecule has 1 aliphatic heterocycles. The third kappa shape index (κ3) is 3.72. The second-order valence-corrected chi connectivity index (χ2v) is 8.26. The number of fused-ring (bicyclic) bond motifs is 2. The van der Waals surface area contributed by atoms with Crippen LogP contribution in [0.2, 0.25) is 0 Å². The molecule has 0 bridgehead atoms. The van der Waals surface area contributed by atoms with Crippen molar-refractivity contribution in [3.63, 3.8) is 0 Å². The maximum atomic E-state index is 13.2. The van der Waals surface area contributed by atoms with Gasteiger partial charge in [0.25, 0.3) is 5.56 Å². The number of carbonyl (C=O) groups is 1. The highest BCUT2D eigenvalue weighted by atomic mass is 32.2. The molecule has 156 valence electrons. The molecule has 1 atom stereocenters. The average Bonchev–Trinajstić information content (AvgIpc) is 3.39. The second kappa shape index (κ2) is 7.99. The Morgan fingerprint density at radius 3 is 2.71 bits per heavy atom. The van der Waals surface area contributed by atoms with E-state index in [1.54, 1.807) is 21.4 Å². The first kappa shape index (κ1) is 19.5. The van der Waals surface area contributed by atoms with Crippen molar-refractivity contribution in [1.82, 2.24) is 24.6 Å². The van der Waals surface area contributed by atoms with Crippen LogP contribution in [0.3, 0.4) is 0 Å². The average molecular weight is 435 g/mol. The van der Waals surface area contributed by atoms with Gasteiger partial charge < -0.3 is 5.32 Å². The topological polar surface area (TPSA) is 81.8 Å². The molecule has 1 N–H and O–H groups in total. The second-order valence-electron chi connectivity index (χ2n) is 7.27. The smallest absolute Gasteiger partial charge is 0.265 e. The number of benzene rings is 2. The van der Waals surface area contributed by atoms with Crippen molar-refractivity contribution in [2.24, 2.45) is 0 Å². The summed E-state index contributed by atoms with van der Waals surface area (Å²) in [5.41, 5.74) is 1.96. The molecule has 2 aromatic heterocycles. The van der Waals surface area contributed by atoms with Crippen molar-refractivity contribution >= 4 is 28.7 Å². The molecule has 1 unspecified atom stereocenters. The molecule has 2 aromatic carbocycles. The van der Waals surface area contributed by atoms with Gasteiger partial charge >= 0.3 is 0 Å². The summed E-state index contributed by atoms with van der Waals surface area (Å²) in [4.78, 5) is 30.3. The van der Waals surface area contributed by atoms with E-state index in [1.165, 1.54) is 30.1 Å². The molecule has 3 heterocycles. The molecule has 0 radical (unpaired) electrons. The van der Waals surface area contributed by atoms with Crippen molar-refractivity contribution in [2.45, 2.75) is 24.2 Å². The van der Waals surface area contributed by atoms with Gasteiger partial charge in [-0.2, -0.15) is 5.10 Å². The van der Waals surface area contributed by atoms with E-state index in [9.17, 15) is 14.0 Å². The van der Waals surface area contributed by atoms with Gasteiger partial charge in [0.05, 0.1) is 17.9 Å². The number of hydrogen-bond donors (Lipinski definition) is 1. The number of hydrogen-bond acceptors (Lipinski definition) is 5. The number of nitrogens with zero attached hydrogens (tertiary/aromatic N) is 4. The van der Waals surface area contributed by atoms with Crippen molar-refractivity contribution in [1.29, 1.82) is 0 Å². The Bertz CT molecular complexity index is 1320. The van der Waals surface area contributed by atoms with E-state index in [-0.39, 0.29) is 29.7 Å². The van der Waals surface area contributed by atoms with Crippen LogP contribution in [0.1, 0.15) is 18.0 Å². The molecule has 7 nitrogen and oxygen atoms in total. The lowest BCUT2D eigenvalue weighted by Gasteiger charge is -2.13. The Morgan fingerprint density at radius 1 is 1.16 bits per heavy atom. The zero-order valence-electron chi connectivity index (χ0n) is 16.4. The third-order valence-electron chi connectivity index (χ3n) is 5.20. The fraction of sp³-hybridized carbons (Fsp3) is 0.182. The van der Waals surface area contributed by atoms with Gasteiger partial charge in [-0.1, -0.05) is 42.1 Å². The largest absolute Gasteiger partial charge is 0.352 e. The van der Waals surface area contributed by atoms with Gasteiger partial charge in [-0.05, 0) is 29.8 Å². The van der Waals surface area contributed by atoms with Gasteiger partial charge in [0.1, 0.15) is 11.2 Å². The summed E-state index contributed by atoms with van der Waals surface area (Å²) in [6, 6.07) is 15.2. The van der Waals surface area contributed by atoms with Crippen molar-refractivity contribution < 1.29 is 9.18 Å². The predicted molar refractivity (Wildman–Crippen MR) is 116 cm³/mol. The minimum Gasteiger partial charge on any atom is -0.352 e. The summed E-state index contributed by atoms with van der Waals surface area (Å²) in [5, 5.41) is 8.20. The monoisotopic (exact) mass is 435 g/mol. The van der Waals surface area contributed by atoms with Gasteiger partial charge in [0, 0.05) is 18.7 Å². The highest BCUT2D eigenvalue weighted by molar-refractivity contribution is 7.99. The maximum Gasteiger partial charge on any atom is 0.265 e. The van der Waals surface area contributed by atoms with E-state index in [0.717, 1.165) is 11.3 Å². The van der Waals surface area contributed by atoms with Gasteiger partial charge in [-0.3, -0.25) is 14.2 Å². The Labute approximate surface area is 180 Å². The number of carbonyl (C=O) groups excluding carboxylic acids is 1. The predicted octanol–water partition coefficient (Wildman–Crippen LogP) is 3.07. The summed E-state index contributed by atoms with van der Waals surface area (Å²) >= 11 is 1.46. The molecule has 0 aliphatic carbocycles. The lowest BCUT2D eigenvalue weighted by atomic mass is 10.2. The quantitative estimate of drug-likeness (QED) is 0.487. The van der Waals surface area contributed by atoms with Crippen LogP contribution in [0.4, 0.5) is 4.39 Å². The first-order valence-electron chi connectivity index (χ1n) is 9.80. The SMILES string of the molecule is O=C(CC1CSc2nc3c(cnn3-c3ccccc3)c(=O)n21)NCc1ccc(F)cc1. The fourth-order valence-corrected chi connectivity index (χ4v) is 4.76. The Morgan fingerprint density at radius 2 is 1.94 bits per heavy atom. The molecule has 0 saturated heterocycles. The lowest BCUT2D eigenvalue weighted by molar-refractivity contribution is -0.121. The summed E-state index contributed by atoms with van der Waals surface area (Å²) < 4.78 is 16.3. The summed E-state index contributed by atoms with van der Waals surface area (Å²) in [7, 11) is 0. The summed E-state index contributed by atoms with van der Waals surface area (Å²) in [6.07, 6.45) is 1.70. The number of aromatic nitrogens is 4. The van der Waals surface area contributed by atoms with E-state index < -0.39 is 0 Å². The minimum absolute atomic E-state index is 0.168. The third-order valence-corrected chi connectivity index (χ3v) is 6.29. The highest BCUT2D eigenvalue weighted by Gasteiger charge is 2.29. The zero-order chi connectivity index (χ0) is 21.4. The van der Waals surface area contributed by atoms with Crippen molar-refractivity contribution in [3.8, 4) is 5.69 Å². The van der Waals surface area contributed by atoms with Crippen molar-refractivity contribution in [3.05, 3.63) is 82.5 Å². The molecule has 5 rings (SSSR count). The molecular formula is C22H18FN5O2S. The van der Waals surface area contributed by atoms with Crippen LogP contribution in [0.15, 0.2) is 70.7 Å². The molecular weight excluding hydrogens is 417 g/mol. The fourth-order valence-electron chi connectivity index (χ4n) is 3.63. The van der Waals surface area contributed by atoms with Crippen LogP contribution in [-0.4, -0.2) is 31.0 Å². The molecule has 1 aliphatic rings. The first-order chi connectivity index (χ1) is 15.1. The lowest BCUT2D eigenvalue weighted by Crippen LogP contribution is -2.30. The number of amides is 1. The number of halogens is 1. The summed E-state index contributed by atoms with van der Waals surface area (Å²) in [6.45, 7) is 0.307. The Kier molecular flexibility index (Phi) is 5.03. The van der Waals surface area contributed by atoms with Crippen LogP contribution in [0, 0.1) is 5.82 Å². The maximum absolute atomic E-state index is 13.2. The van der Waals surface area contributed by atoms with Crippen LogP contribution >= 0.6 is 11.8 Å². The van der Waals surface area contributed by atoms with Gasteiger partial charge in [0.15, 0.2) is 10.8 Å². The molecule has 4 aromatic rings. The van der Waals surface area contributed by atoms with E-state index in [1.807, 2.05) is 30.3 Å². The number of thioether (sulfide) groups is 1. The Balaban J connectivity index is 1.37. The van der Waals surface area contributed by atoms with Crippen LogP contribution in [0.25, 0.3) is 16.7 Å². The van der Waals surface area contributed by atoms with Crippen LogP contribution in [-0.2, 0) is 11.3 Å². The van der Waals surface area contributed by atoms with Crippen LogP contribution < -0.4 is 10.9 Å². The Hall–Kier alpha value is -3.46. The molecule has 9 heteroatoms. The standard InChI is InChI=1S/C22H18FN5O2S/c23-15-8-6-14(7-9-15)11-24-19(29)10-17-13-31-22-26-20-18(21(30)27(17)22)12-25-28(20)16-4-2-1-3-5-16/h1-9,12,17H,10-11,13H2,(H,24,29). The van der Waals surface area contributed by atoms with Gasteiger partial charge in [-0.15, -0.1) is 0 Å². The number of para-hydroxylation sites is 1. The molecule has 1 amide bonds. The van der Waals surface area contributed by atoms with E-state index in [4.69, 9.17) is 0 Å². The first-order valence-corrected chi connectivity index (χ1v) is 10.8. The molecule has 0 fully saturated rings. The highest BCUT2D eigenvalue weighted by Crippen LogP contribution is 2.33. The number of nitrogens with one attached hydrogen (secondary N) is 1. The normalized spacial score (nSPS) is 15.2. The van der Waals surface area contributed by atoms with E-state index in [0.29, 0.717) is 28.5 Å². The van der Waals surface area contributed by atoms with E-state index in [2.05, 4.69) is 15.4 Å². The molecule has 0 saturated carbocycles. The van der Waals surface area contributed by atoms with Gasteiger partial charge in [0.2, 0.25) is 5.91 Å². The van der Waals surface area contributed by atoms with Crippen molar-refractivity contribution in [2.75, 3.05) is 5.75 Å².